The van der Waals surface area contributed by atoms with E-state index >= 15 is 0 Å². The van der Waals surface area contributed by atoms with Crippen LogP contribution in [0.25, 0.3) is 0 Å². The molecule has 1 aromatic heterocycles. The Kier molecular flexibility index (Phi) is 7.84. The second-order valence-electron chi connectivity index (χ2n) is 3.47. The molecular weight excluding hydrogens is 304 g/mol. The molecule has 0 saturated heterocycles. The molecule has 0 unspecified atom stereocenters. The van der Waals surface area contributed by atoms with E-state index in [0.29, 0.717) is 21.8 Å². The molecule has 0 aliphatic carbocycles. The molecular formula is C10H16N4O2S3. The van der Waals surface area contributed by atoms with Gasteiger partial charge in [-0.3, -0.25) is 9.59 Å². The topological polar surface area (TPSA) is 84.0 Å². The van der Waals surface area contributed by atoms with E-state index in [0.717, 1.165) is 36.4 Å². The Morgan fingerprint density at radius 3 is 1.79 bits per heavy atom. The number of carbonyl (C=O) groups is 2. The fourth-order valence-electron chi connectivity index (χ4n) is 0.965. The third-order valence-corrected chi connectivity index (χ3v) is 4.47. The highest BCUT2D eigenvalue weighted by Crippen LogP contribution is 2.29. The quantitative estimate of drug-likeness (QED) is 0.784. The Balaban J connectivity index is 2.39. The molecule has 19 heavy (non-hydrogen) atoms. The summed E-state index contributed by atoms with van der Waals surface area (Å²) in [6.45, 7) is 5.26. The van der Waals surface area contributed by atoms with E-state index in [1.807, 2.05) is 13.8 Å². The van der Waals surface area contributed by atoms with Gasteiger partial charge >= 0.3 is 0 Å². The first-order valence-electron chi connectivity index (χ1n) is 5.90. The summed E-state index contributed by atoms with van der Waals surface area (Å²) >= 11 is 3.24. The van der Waals surface area contributed by atoms with Gasteiger partial charge in [0, 0.05) is 36.6 Å². The molecule has 0 aliphatic heterocycles. The third-order valence-electron chi connectivity index (χ3n) is 1.79. The highest BCUT2D eigenvalue weighted by molar-refractivity contribution is 8.16. The number of carbonyl (C=O) groups excluding carboxylic acids is 2. The molecule has 2 amide bonds. The number of amides is 2. The van der Waals surface area contributed by atoms with E-state index < -0.39 is 0 Å². The number of thioether (sulfide) groups is 2. The van der Waals surface area contributed by atoms with Crippen molar-refractivity contribution in [2.24, 2.45) is 0 Å². The monoisotopic (exact) mass is 320 g/mol. The first kappa shape index (κ1) is 16.3. The Labute approximate surface area is 124 Å². The van der Waals surface area contributed by atoms with Gasteiger partial charge in [-0.2, -0.15) is 0 Å². The zero-order valence-corrected chi connectivity index (χ0v) is 13.2. The van der Waals surface area contributed by atoms with E-state index in [2.05, 4.69) is 20.8 Å². The fourth-order valence-corrected chi connectivity index (χ4v) is 3.53. The Hall–Kier alpha value is -0.800. The molecule has 0 fully saturated rings. The summed E-state index contributed by atoms with van der Waals surface area (Å²) in [6, 6.07) is 0. The molecule has 0 aromatic carbocycles. The molecule has 1 rings (SSSR count). The molecule has 1 heterocycles. The van der Waals surface area contributed by atoms with Crippen molar-refractivity contribution in [3.8, 4) is 0 Å². The van der Waals surface area contributed by atoms with E-state index in [4.69, 9.17) is 0 Å². The Morgan fingerprint density at radius 1 is 1.00 bits per heavy atom. The lowest BCUT2D eigenvalue weighted by molar-refractivity contribution is 0.260. The van der Waals surface area contributed by atoms with Gasteiger partial charge in [-0.05, 0) is 12.8 Å². The number of hydrogen-bond acceptors (Lipinski definition) is 7. The number of aromatic nitrogens is 2. The van der Waals surface area contributed by atoms with E-state index in [1.54, 1.807) is 0 Å². The second kappa shape index (κ2) is 9.16. The molecule has 0 bridgehead atoms. The molecule has 1 aromatic rings. The van der Waals surface area contributed by atoms with Crippen LogP contribution in [-0.2, 0) is 0 Å². The largest absolute Gasteiger partial charge is 0.347 e. The van der Waals surface area contributed by atoms with Crippen LogP contribution < -0.4 is 10.6 Å². The van der Waals surface area contributed by atoms with Crippen LogP contribution in [0.5, 0.6) is 0 Å². The number of nitrogens with one attached hydrogen (secondary N) is 2. The molecule has 9 heteroatoms. The van der Waals surface area contributed by atoms with Crippen LogP contribution in [0.15, 0.2) is 8.68 Å². The predicted octanol–water partition coefficient (Wildman–Crippen LogP) is 2.96. The van der Waals surface area contributed by atoms with Crippen LogP contribution in [0.4, 0.5) is 9.59 Å². The van der Waals surface area contributed by atoms with Gasteiger partial charge in [0.1, 0.15) is 0 Å². The minimum Gasteiger partial charge on any atom is -0.347 e. The van der Waals surface area contributed by atoms with Gasteiger partial charge in [-0.15, -0.1) is 10.2 Å². The summed E-state index contributed by atoms with van der Waals surface area (Å²) in [5.41, 5.74) is 0. The van der Waals surface area contributed by atoms with Gasteiger partial charge < -0.3 is 10.6 Å². The van der Waals surface area contributed by atoms with Crippen LogP contribution in [0.2, 0.25) is 0 Å². The van der Waals surface area contributed by atoms with Crippen LogP contribution in [0, 0.1) is 0 Å². The van der Waals surface area contributed by atoms with E-state index in [9.17, 15) is 9.59 Å². The summed E-state index contributed by atoms with van der Waals surface area (Å²) in [6.07, 6.45) is 1.78. The van der Waals surface area contributed by atoms with Gasteiger partial charge in [-0.25, -0.2) is 0 Å². The van der Waals surface area contributed by atoms with Crippen LogP contribution in [0.1, 0.15) is 26.7 Å². The maximum atomic E-state index is 11.4. The van der Waals surface area contributed by atoms with Gasteiger partial charge in [0.25, 0.3) is 10.5 Å². The highest BCUT2D eigenvalue weighted by Gasteiger charge is 2.13. The van der Waals surface area contributed by atoms with Crippen molar-refractivity contribution in [2.75, 3.05) is 13.1 Å². The summed E-state index contributed by atoms with van der Waals surface area (Å²) in [5, 5.41) is 12.9. The molecule has 0 saturated carbocycles. The van der Waals surface area contributed by atoms with Gasteiger partial charge in [0.05, 0.1) is 0 Å². The average molecular weight is 320 g/mol. The lowest BCUT2D eigenvalue weighted by Crippen LogP contribution is -2.18. The Morgan fingerprint density at radius 2 is 1.42 bits per heavy atom. The molecule has 6 nitrogen and oxygen atoms in total. The maximum absolute atomic E-state index is 11.4. The highest BCUT2D eigenvalue weighted by atomic mass is 32.2. The fraction of sp³-hybridized carbons (Fsp3) is 0.600. The molecule has 0 radical (unpaired) electrons. The number of hydrogen-bond donors (Lipinski definition) is 2. The summed E-state index contributed by atoms with van der Waals surface area (Å²) in [5.74, 6) is 0. The van der Waals surface area contributed by atoms with Crippen LogP contribution >= 0.6 is 34.9 Å². The van der Waals surface area contributed by atoms with Gasteiger partial charge in [-0.1, -0.05) is 25.2 Å². The van der Waals surface area contributed by atoms with Crippen molar-refractivity contribution in [3.05, 3.63) is 0 Å². The Bertz CT molecular complexity index is 388. The molecule has 0 spiro atoms. The van der Waals surface area contributed by atoms with E-state index in [1.165, 1.54) is 11.3 Å². The standard InChI is InChI=1S/C10H16N4O2S3/c1-3-5-11-7(15)17-9-13-14-10(19-9)18-8(16)12-6-4-2/h3-6H2,1-2H3,(H,11,15)(H,12,16). The maximum Gasteiger partial charge on any atom is 0.286 e. The number of rotatable bonds is 6. The van der Waals surface area contributed by atoms with Crippen molar-refractivity contribution in [1.82, 2.24) is 20.8 Å². The zero-order chi connectivity index (χ0) is 14.1. The summed E-state index contributed by atoms with van der Waals surface area (Å²) in [7, 11) is 0. The summed E-state index contributed by atoms with van der Waals surface area (Å²) in [4.78, 5) is 22.9. The van der Waals surface area contributed by atoms with Crippen molar-refractivity contribution in [2.45, 2.75) is 35.4 Å². The predicted molar refractivity (Wildman–Crippen MR) is 79.0 cm³/mol. The van der Waals surface area contributed by atoms with Gasteiger partial charge in [0.2, 0.25) is 0 Å². The smallest absolute Gasteiger partial charge is 0.286 e. The molecule has 0 aliphatic rings. The van der Waals surface area contributed by atoms with Gasteiger partial charge in [0.15, 0.2) is 8.68 Å². The van der Waals surface area contributed by atoms with Crippen molar-refractivity contribution in [3.63, 3.8) is 0 Å². The van der Waals surface area contributed by atoms with Crippen molar-refractivity contribution in [1.29, 1.82) is 0 Å². The normalized spacial score (nSPS) is 10.2. The molecule has 2 N–H and O–H groups in total. The molecule has 106 valence electrons. The van der Waals surface area contributed by atoms with Crippen molar-refractivity contribution < 1.29 is 9.59 Å². The first-order valence-corrected chi connectivity index (χ1v) is 8.35. The zero-order valence-electron chi connectivity index (χ0n) is 10.8. The average Bonchev–Trinajstić information content (AvgIpc) is 2.81. The summed E-state index contributed by atoms with van der Waals surface area (Å²) < 4.78 is 1.08. The minimum absolute atomic E-state index is 0.148. The lowest BCUT2D eigenvalue weighted by Gasteiger charge is -1.99. The SMILES string of the molecule is CCCNC(=O)Sc1nnc(SC(=O)NCCC)s1. The van der Waals surface area contributed by atoms with E-state index in [-0.39, 0.29) is 10.5 Å². The second-order valence-corrected chi connectivity index (χ2v) is 6.88. The third kappa shape index (κ3) is 6.79. The molecule has 0 atom stereocenters. The van der Waals surface area contributed by atoms with Crippen molar-refractivity contribution >= 4 is 45.3 Å². The van der Waals surface area contributed by atoms with Crippen LogP contribution in [0.3, 0.4) is 0 Å². The lowest BCUT2D eigenvalue weighted by atomic mass is 10.5. The number of nitrogens with zero attached hydrogens (tertiary/aromatic N) is 2. The minimum atomic E-state index is -0.148. The van der Waals surface area contributed by atoms with Crippen LogP contribution in [-0.4, -0.2) is 33.8 Å². The first-order chi connectivity index (χ1) is 9.15.